The van der Waals surface area contributed by atoms with Crippen LogP contribution in [0.4, 0.5) is 5.13 Å². The van der Waals surface area contributed by atoms with Gasteiger partial charge in [0.2, 0.25) is 0 Å². The van der Waals surface area contributed by atoms with E-state index in [1.807, 2.05) is 29.6 Å². The van der Waals surface area contributed by atoms with Crippen LogP contribution in [0, 0.1) is 0 Å². The molecule has 1 atom stereocenters. The fourth-order valence-electron chi connectivity index (χ4n) is 3.30. The molecule has 1 amide bonds. The molecule has 126 valence electrons. The predicted molar refractivity (Wildman–Crippen MR) is 94.4 cm³/mol. The number of amides is 1. The van der Waals surface area contributed by atoms with Crippen molar-refractivity contribution in [2.24, 2.45) is 0 Å². The van der Waals surface area contributed by atoms with Crippen LogP contribution in [0.1, 0.15) is 30.5 Å². The zero-order valence-electron chi connectivity index (χ0n) is 13.5. The lowest BCUT2D eigenvalue weighted by Gasteiger charge is -2.25. The maximum absolute atomic E-state index is 12.4. The first-order chi connectivity index (χ1) is 11.8. The Kier molecular flexibility index (Phi) is 4.49. The largest absolute Gasteiger partial charge is 0.480 e. The zero-order chi connectivity index (χ0) is 16.4. The Labute approximate surface area is 145 Å². The molecule has 4 rings (SSSR count). The monoisotopic (exact) mass is 343 g/mol. The summed E-state index contributed by atoms with van der Waals surface area (Å²) >= 11 is 1.48. The number of ether oxygens (including phenoxy) is 1. The molecule has 0 spiro atoms. The molecule has 0 aliphatic carbocycles. The third-order valence-electron chi connectivity index (χ3n) is 4.56. The summed E-state index contributed by atoms with van der Waals surface area (Å²) in [5.74, 6) is 0.688. The van der Waals surface area contributed by atoms with Gasteiger partial charge in [-0.05, 0) is 37.6 Å². The molecule has 2 aliphatic heterocycles. The molecule has 6 heteroatoms. The van der Waals surface area contributed by atoms with Gasteiger partial charge in [0.15, 0.2) is 11.2 Å². The number of anilines is 1. The Morgan fingerprint density at radius 1 is 1.29 bits per heavy atom. The molecule has 1 fully saturated rings. The van der Waals surface area contributed by atoms with Crippen molar-refractivity contribution in [3.8, 4) is 5.75 Å². The number of rotatable bonds is 4. The number of thiazole rings is 1. The molecule has 1 saturated heterocycles. The SMILES string of the molecule is O=C(Nc1nc(CN2CCCCC2)cs1)C1Cc2ccccc2O1. The molecule has 0 radical (unpaired) electrons. The summed E-state index contributed by atoms with van der Waals surface area (Å²) in [7, 11) is 0. The third-order valence-corrected chi connectivity index (χ3v) is 5.36. The highest BCUT2D eigenvalue weighted by Gasteiger charge is 2.29. The van der Waals surface area contributed by atoms with Crippen LogP contribution in [0.25, 0.3) is 0 Å². The van der Waals surface area contributed by atoms with Gasteiger partial charge in [-0.15, -0.1) is 11.3 Å². The molecule has 2 aliphatic rings. The molecular formula is C18H21N3O2S. The third kappa shape index (κ3) is 3.44. The predicted octanol–water partition coefficient (Wildman–Crippen LogP) is 3.07. The summed E-state index contributed by atoms with van der Waals surface area (Å²) < 4.78 is 5.73. The fraction of sp³-hybridized carbons (Fsp3) is 0.444. The van der Waals surface area contributed by atoms with Crippen molar-refractivity contribution in [2.45, 2.75) is 38.3 Å². The molecule has 24 heavy (non-hydrogen) atoms. The van der Waals surface area contributed by atoms with Crippen molar-refractivity contribution < 1.29 is 9.53 Å². The minimum absolute atomic E-state index is 0.120. The van der Waals surface area contributed by atoms with Crippen LogP contribution in [-0.2, 0) is 17.8 Å². The Bertz CT molecular complexity index is 700. The number of aromatic nitrogens is 1. The fourth-order valence-corrected chi connectivity index (χ4v) is 4.00. The lowest BCUT2D eigenvalue weighted by molar-refractivity contribution is -0.122. The van der Waals surface area contributed by atoms with Crippen LogP contribution < -0.4 is 10.1 Å². The molecule has 1 aromatic heterocycles. The highest BCUT2D eigenvalue weighted by atomic mass is 32.1. The number of hydrogen-bond donors (Lipinski definition) is 1. The summed E-state index contributed by atoms with van der Waals surface area (Å²) in [5, 5.41) is 5.60. The first-order valence-electron chi connectivity index (χ1n) is 8.50. The first kappa shape index (κ1) is 15.6. The normalized spacial score (nSPS) is 20.4. The van der Waals surface area contributed by atoms with Crippen molar-refractivity contribution in [3.05, 3.63) is 40.9 Å². The van der Waals surface area contributed by atoms with E-state index < -0.39 is 6.10 Å². The van der Waals surface area contributed by atoms with Crippen LogP contribution >= 0.6 is 11.3 Å². The van der Waals surface area contributed by atoms with Crippen LogP contribution in [0.3, 0.4) is 0 Å². The first-order valence-corrected chi connectivity index (χ1v) is 9.38. The second-order valence-electron chi connectivity index (χ2n) is 6.39. The Balaban J connectivity index is 1.33. The van der Waals surface area contributed by atoms with E-state index in [0.29, 0.717) is 11.6 Å². The van der Waals surface area contributed by atoms with E-state index in [2.05, 4.69) is 15.2 Å². The Morgan fingerprint density at radius 2 is 2.12 bits per heavy atom. The van der Waals surface area contributed by atoms with Gasteiger partial charge in [0.05, 0.1) is 5.69 Å². The van der Waals surface area contributed by atoms with Gasteiger partial charge in [0.25, 0.3) is 5.91 Å². The van der Waals surface area contributed by atoms with Gasteiger partial charge in [-0.2, -0.15) is 0 Å². The minimum Gasteiger partial charge on any atom is -0.480 e. The molecule has 1 unspecified atom stereocenters. The van der Waals surface area contributed by atoms with Crippen molar-refractivity contribution in [1.29, 1.82) is 0 Å². The van der Waals surface area contributed by atoms with E-state index in [9.17, 15) is 4.79 Å². The molecule has 5 nitrogen and oxygen atoms in total. The number of likely N-dealkylation sites (tertiary alicyclic amines) is 1. The molecule has 3 heterocycles. The summed E-state index contributed by atoms with van der Waals surface area (Å²) in [5.41, 5.74) is 2.12. The van der Waals surface area contributed by atoms with Gasteiger partial charge in [0.1, 0.15) is 5.75 Å². The molecule has 1 N–H and O–H groups in total. The standard InChI is InChI=1S/C18H21N3O2S/c22-17(16-10-13-6-2-3-7-15(13)23-16)20-18-19-14(12-24-18)11-21-8-4-1-5-9-21/h2-3,6-7,12,16H,1,4-5,8-11H2,(H,19,20,22). The number of piperidine rings is 1. The Hall–Kier alpha value is -1.92. The number of nitrogens with zero attached hydrogens (tertiary/aromatic N) is 2. The second-order valence-corrected chi connectivity index (χ2v) is 7.25. The van der Waals surface area contributed by atoms with E-state index in [-0.39, 0.29) is 5.91 Å². The number of nitrogens with one attached hydrogen (secondary N) is 1. The number of carbonyl (C=O) groups is 1. The molecular weight excluding hydrogens is 322 g/mol. The van der Waals surface area contributed by atoms with Crippen LogP contribution in [0.2, 0.25) is 0 Å². The number of hydrogen-bond acceptors (Lipinski definition) is 5. The lowest BCUT2D eigenvalue weighted by Crippen LogP contribution is -2.31. The topological polar surface area (TPSA) is 54.5 Å². The second kappa shape index (κ2) is 6.91. The molecule has 0 bridgehead atoms. The highest BCUT2D eigenvalue weighted by molar-refractivity contribution is 7.13. The van der Waals surface area contributed by atoms with Crippen LogP contribution in [0.15, 0.2) is 29.6 Å². The summed E-state index contributed by atoms with van der Waals surface area (Å²) in [6.07, 6.45) is 4.03. The minimum atomic E-state index is -0.461. The van der Waals surface area contributed by atoms with Crippen molar-refractivity contribution in [3.63, 3.8) is 0 Å². The maximum Gasteiger partial charge on any atom is 0.267 e. The van der Waals surface area contributed by atoms with Crippen molar-refractivity contribution in [2.75, 3.05) is 18.4 Å². The quantitative estimate of drug-likeness (QED) is 0.927. The zero-order valence-corrected chi connectivity index (χ0v) is 14.3. The lowest BCUT2D eigenvalue weighted by atomic mass is 10.1. The number of para-hydroxylation sites is 1. The summed E-state index contributed by atoms with van der Waals surface area (Å²) in [4.78, 5) is 19.4. The average Bonchev–Trinajstić information content (AvgIpc) is 3.22. The van der Waals surface area contributed by atoms with Gasteiger partial charge in [0, 0.05) is 18.3 Å². The van der Waals surface area contributed by atoms with Gasteiger partial charge in [-0.1, -0.05) is 24.6 Å². The van der Waals surface area contributed by atoms with E-state index in [0.717, 1.165) is 36.6 Å². The van der Waals surface area contributed by atoms with Gasteiger partial charge >= 0.3 is 0 Å². The molecule has 2 aromatic rings. The number of fused-ring (bicyclic) bond motifs is 1. The van der Waals surface area contributed by atoms with Crippen LogP contribution in [-0.4, -0.2) is 35.0 Å². The van der Waals surface area contributed by atoms with Gasteiger partial charge < -0.3 is 4.74 Å². The van der Waals surface area contributed by atoms with E-state index in [4.69, 9.17) is 4.74 Å². The summed E-state index contributed by atoms with van der Waals surface area (Å²) in [6, 6.07) is 7.80. The Morgan fingerprint density at radius 3 is 2.96 bits per heavy atom. The van der Waals surface area contributed by atoms with Crippen LogP contribution in [0.5, 0.6) is 5.75 Å². The number of benzene rings is 1. The number of carbonyl (C=O) groups excluding carboxylic acids is 1. The van der Waals surface area contributed by atoms with Gasteiger partial charge in [-0.3, -0.25) is 15.0 Å². The summed E-state index contributed by atoms with van der Waals surface area (Å²) in [6.45, 7) is 3.17. The van der Waals surface area contributed by atoms with E-state index >= 15 is 0 Å². The smallest absolute Gasteiger partial charge is 0.267 e. The van der Waals surface area contributed by atoms with E-state index in [1.165, 1.54) is 30.6 Å². The van der Waals surface area contributed by atoms with E-state index in [1.54, 1.807) is 0 Å². The highest BCUT2D eigenvalue weighted by Crippen LogP contribution is 2.29. The van der Waals surface area contributed by atoms with Crippen molar-refractivity contribution in [1.82, 2.24) is 9.88 Å². The van der Waals surface area contributed by atoms with Crippen molar-refractivity contribution >= 4 is 22.4 Å². The molecule has 0 saturated carbocycles. The molecule has 1 aromatic carbocycles. The maximum atomic E-state index is 12.4. The average molecular weight is 343 g/mol. The van der Waals surface area contributed by atoms with Gasteiger partial charge in [-0.25, -0.2) is 4.98 Å².